The first kappa shape index (κ1) is 39.5. The zero-order chi connectivity index (χ0) is 26.5. The molecule has 222 valence electrons. The number of hydrogen-bond acceptors (Lipinski definition) is 4. The molecule has 0 aliphatic carbocycles. The van der Waals surface area contributed by atoms with Crippen LogP contribution in [-0.4, -0.2) is 27.5 Å². The molecule has 4 aromatic carbocycles. The van der Waals surface area contributed by atoms with E-state index in [1.807, 2.05) is 97.1 Å². The van der Waals surface area contributed by atoms with E-state index in [2.05, 4.69) is 24.3 Å². The Hall–Kier alpha value is -3.68. The third-order valence-corrected chi connectivity index (χ3v) is 8.32. The van der Waals surface area contributed by atoms with Crippen molar-refractivity contribution >= 4 is 34.4 Å². The second-order valence-electron chi connectivity index (χ2n) is 8.17. The molecule has 0 aliphatic rings. The monoisotopic (exact) mass is 594 g/mol. The standard InChI is InChI=1S/C15H15NO2S.C15H15NOS.4CH4/c16-14(17)11-19(18)15(12-7-3-1-4-8-12)13-9-5-2-6-10-13;16-14(17)11-18-15(12-7-3-1-4-8-12)13-9-5-2-6-10-13;;;;/h1-10,15H,11H2,(H2,16,17);1-10,15H,11H2,(H2,16,17);4*1H4. The predicted molar refractivity (Wildman–Crippen MR) is 180 cm³/mol. The first-order valence-corrected chi connectivity index (χ1v) is 14.1. The van der Waals surface area contributed by atoms with E-state index >= 15 is 0 Å². The van der Waals surface area contributed by atoms with E-state index in [0.29, 0.717) is 5.75 Å². The van der Waals surface area contributed by atoms with E-state index in [1.165, 1.54) is 11.1 Å². The Morgan fingerprint density at radius 1 is 0.561 bits per heavy atom. The van der Waals surface area contributed by atoms with Gasteiger partial charge in [0.15, 0.2) is 0 Å². The molecule has 0 fully saturated rings. The summed E-state index contributed by atoms with van der Waals surface area (Å²) >= 11 is 1.56. The van der Waals surface area contributed by atoms with Gasteiger partial charge in [0.05, 0.1) is 16.3 Å². The van der Waals surface area contributed by atoms with Gasteiger partial charge in [0.1, 0.15) is 5.75 Å². The Morgan fingerprint density at radius 2 is 0.878 bits per heavy atom. The van der Waals surface area contributed by atoms with Crippen LogP contribution in [0.25, 0.3) is 0 Å². The molecular formula is C34H46N2O3S2. The van der Waals surface area contributed by atoms with Crippen molar-refractivity contribution in [3.63, 3.8) is 0 Å². The number of nitrogens with two attached hydrogens (primary N) is 2. The lowest BCUT2D eigenvalue weighted by molar-refractivity contribution is -0.116. The zero-order valence-corrected chi connectivity index (χ0v) is 21.9. The van der Waals surface area contributed by atoms with Gasteiger partial charge in [-0.1, -0.05) is 151 Å². The van der Waals surface area contributed by atoms with Crippen LogP contribution in [-0.2, 0) is 20.4 Å². The molecular weight excluding hydrogens is 549 g/mol. The first-order valence-electron chi connectivity index (χ1n) is 11.7. The summed E-state index contributed by atoms with van der Waals surface area (Å²) in [5.41, 5.74) is 14.6. The average Bonchev–Trinajstić information content (AvgIpc) is 2.91. The van der Waals surface area contributed by atoms with Gasteiger partial charge in [-0.2, -0.15) is 0 Å². The van der Waals surface area contributed by atoms with Crippen molar-refractivity contribution in [2.24, 2.45) is 11.5 Å². The summed E-state index contributed by atoms with van der Waals surface area (Å²) < 4.78 is 12.4. The molecule has 4 aromatic rings. The normalized spacial score (nSPS) is 10.3. The first-order chi connectivity index (χ1) is 18.0. The number of amides is 2. The molecule has 0 saturated carbocycles. The van der Waals surface area contributed by atoms with Gasteiger partial charge in [0, 0.05) is 10.8 Å². The van der Waals surface area contributed by atoms with Gasteiger partial charge in [-0.15, -0.1) is 11.8 Å². The second-order valence-corrected chi connectivity index (χ2v) is 10.8. The number of benzene rings is 4. The maximum Gasteiger partial charge on any atom is 0.230 e. The second kappa shape index (κ2) is 21.1. The number of hydrogen-bond donors (Lipinski definition) is 2. The van der Waals surface area contributed by atoms with E-state index in [0.717, 1.165) is 11.1 Å². The molecule has 0 heterocycles. The Morgan fingerprint density at radius 3 is 1.17 bits per heavy atom. The van der Waals surface area contributed by atoms with E-state index in [9.17, 15) is 13.8 Å². The van der Waals surface area contributed by atoms with E-state index in [1.54, 1.807) is 11.8 Å². The van der Waals surface area contributed by atoms with Crippen molar-refractivity contribution < 1.29 is 13.8 Å². The third kappa shape index (κ3) is 13.0. The number of rotatable bonds is 10. The number of carbonyl (C=O) groups is 2. The van der Waals surface area contributed by atoms with Crippen LogP contribution in [0.2, 0.25) is 0 Å². The molecule has 1 unspecified atom stereocenters. The van der Waals surface area contributed by atoms with Gasteiger partial charge in [0.25, 0.3) is 0 Å². The fourth-order valence-electron chi connectivity index (χ4n) is 3.78. The summed E-state index contributed by atoms with van der Waals surface area (Å²) in [5.74, 6) is -0.629. The summed E-state index contributed by atoms with van der Waals surface area (Å²) in [6.45, 7) is 0. The van der Waals surface area contributed by atoms with Crippen molar-refractivity contribution in [2.75, 3.05) is 11.5 Å². The molecule has 4 N–H and O–H groups in total. The van der Waals surface area contributed by atoms with Crippen molar-refractivity contribution in [1.82, 2.24) is 0 Å². The topological polar surface area (TPSA) is 103 Å². The molecule has 41 heavy (non-hydrogen) atoms. The molecule has 0 aromatic heterocycles. The average molecular weight is 595 g/mol. The van der Waals surface area contributed by atoms with Crippen LogP contribution in [0.1, 0.15) is 62.5 Å². The summed E-state index contributed by atoms with van der Waals surface area (Å²) in [4.78, 5) is 22.0. The highest BCUT2D eigenvalue weighted by Gasteiger charge is 2.22. The fourth-order valence-corrected chi connectivity index (χ4v) is 6.18. The van der Waals surface area contributed by atoms with Gasteiger partial charge in [0.2, 0.25) is 11.8 Å². The molecule has 0 bridgehead atoms. The zero-order valence-electron chi connectivity index (χ0n) is 20.3. The Labute approximate surface area is 254 Å². The molecule has 7 heteroatoms. The largest absolute Gasteiger partial charge is 0.369 e. The Balaban J connectivity index is 0. The van der Waals surface area contributed by atoms with Gasteiger partial charge in [-0.3, -0.25) is 13.8 Å². The Kier molecular flexibility index (Phi) is 20.3. The van der Waals surface area contributed by atoms with E-state index in [4.69, 9.17) is 11.5 Å². The Bertz CT molecular complexity index is 1190. The molecule has 1 atom stereocenters. The molecule has 2 amide bonds. The minimum Gasteiger partial charge on any atom is -0.369 e. The van der Waals surface area contributed by atoms with Crippen LogP contribution in [0.3, 0.4) is 0 Å². The molecule has 5 nitrogen and oxygen atoms in total. The SMILES string of the molecule is C.C.C.C.NC(=O)CS(=O)C(c1ccccc1)c1ccccc1.NC(=O)CSC(c1ccccc1)c1ccccc1. The lowest BCUT2D eigenvalue weighted by Crippen LogP contribution is -2.23. The van der Waals surface area contributed by atoms with Crippen LogP contribution in [0.5, 0.6) is 0 Å². The minimum absolute atomic E-state index is 0. The summed E-state index contributed by atoms with van der Waals surface area (Å²) in [5, 5.41) is -0.171. The van der Waals surface area contributed by atoms with Crippen molar-refractivity contribution in [2.45, 2.75) is 40.2 Å². The summed E-state index contributed by atoms with van der Waals surface area (Å²) in [6, 6.07) is 39.4. The number of thioether (sulfide) groups is 1. The van der Waals surface area contributed by atoms with Gasteiger partial charge < -0.3 is 11.5 Å². The maximum atomic E-state index is 12.4. The van der Waals surface area contributed by atoms with E-state index in [-0.39, 0.29) is 51.9 Å². The molecule has 0 aliphatic heterocycles. The van der Waals surface area contributed by atoms with Crippen molar-refractivity contribution in [3.05, 3.63) is 144 Å². The van der Waals surface area contributed by atoms with Crippen LogP contribution in [0.4, 0.5) is 0 Å². The van der Waals surface area contributed by atoms with Crippen molar-refractivity contribution in [3.8, 4) is 0 Å². The van der Waals surface area contributed by atoms with Crippen LogP contribution in [0, 0.1) is 0 Å². The van der Waals surface area contributed by atoms with Gasteiger partial charge in [-0.05, 0) is 22.3 Å². The molecule has 0 radical (unpaired) electrons. The smallest absolute Gasteiger partial charge is 0.230 e. The minimum atomic E-state index is -1.36. The van der Waals surface area contributed by atoms with Gasteiger partial charge >= 0.3 is 0 Å². The highest BCUT2D eigenvalue weighted by Crippen LogP contribution is 2.35. The summed E-state index contributed by atoms with van der Waals surface area (Å²) in [6.07, 6.45) is 0. The highest BCUT2D eigenvalue weighted by atomic mass is 32.2. The number of carbonyl (C=O) groups excluding carboxylic acids is 2. The fraction of sp³-hybridized carbons (Fsp3) is 0.235. The molecule has 0 spiro atoms. The van der Waals surface area contributed by atoms with Crippen molar-refractivity contribution in [1.29, 1.82) is 0 Å². The van der Waals surface area contributed by atoms with Crippen LogP contribution in [0.15, 0.2) is 121 Å². The maximum absolute atomic E-state index is 12.4. The lowest BCUT2D eigenvalue weighted by Gasteiger charge is -2.16. The van der Waals surface area contributed by atoms with Gasteiger partial charge in [-0.25, -0.2) is 0 Å². The highest BCUT2D eigenvalue weighted by molar-refractivity contribution is 8.00. The third-order valence-electron chi connectivity index (χ3n) is 5.35. The van der Waals surface area contributed by atoms with E-state index < -0.39 is 16.7 Å². The number of primary amides is 2. The molecule has 4 rings (SSSR count). The van der Waals surface area contributed by atoms with Crippen LogP contribution >= 0.6 is 11.8 Å². The lowest BCUT2D eigenvalue weighted by atomic mass is 10.0. The van der Waals surface area contributed by atoms with Crippen LogP contribution < -0.4 is 11.5 Å². The summed E-state index contributed by atoms with van der Waals surface area (Å²) in [7, 11) is -1.36. The predicted octanol–water partition coefficient (Wildman–Crippen LogP) is 7.55. The molecule has 0 saturated heterocycles. The quantitative estimate of drug-likeness (QED) is 0.198.